The van der Waals surface area contributed by atoms with Gasteiger partial charge < -0.3 is 5.32 Å². The third-order valence-corrected chi connectivity index (χ3v) is 3.49. The Morgan fingerprint density at radius 1 is 1.53 bits per heavy atom. The van der Waals surface area contributed by atoms with Crippen molar-refractivity contribution in [2.75, 3.05) is 6.26 Å². The first-order valence-electron chi connectivity index (χ1n) is 6.08. The minimum absolute atomic E-state index is 0.0587. The zero-order valence-electron chi connectivity index (χ0n) is 11.0. The van der Waals surface area contributed by atoms with Crippen LogP contribution in [0.15, 0.2) is 36.7 Å². The number of hydrogen-bond donors (Lipinski definition) is 2. The standard InChI is InChI=1S/C14H17N3OS/c1-10(13-7-15-16-8-13)17-14(18)12-5-3-4-11(6-12)9-19-2/h3-8,10H,9H2,1-2H3,(H,15,16)(H,17,18). The van der Waals surface area contributed by atoms with Gasteiger partial charge in [0.1, 0.15) is 0 Å². The van der Waals surface area contributed by atoms with Gasteiger partial charge in [-0.15, -0.1) is 0 Å². The van der Waals surface area contributed by atoms with E-state index in [1.165, 1.54) is 0 Å². The number of aromatic nitrogens is 2. The normalized spacial score (nSPS) is 12.1. The second-order valence-electron chi connectivity index (χ2n) is 4.36. The van der Waals surface area contributed by atoms with E-state index < -0.39 is 0 Å². The molecule has 19 heavy (non-hydrogen) atoms. The zero-order valence-corrected chi connectivity index (χ0v) is 11.8. The van der Waals surface area contributed by atoms with Crippen LogP contribution in [0, 0.1) is 0 Å². The molecule has 4 nitrogen and oxygen atoms in total. The van der Waals surface area contributed by atoms with E-state index in [9.17, 15) is 4.79 Å². The largest absolute Gasteiger partial charge is 0.345 e. The van der Waals surface area contributed by atoms with Crippen molar-refractivity contribution in [1.29, 1.82) is 0 Å². The van der Waals surface area contributed by atoms with Crippen molar-refractivity contribution in [3.63, 3.8) is 0 Å². The van der Waals surface area contributed by atoms with E-state index in [1.54, 1.807) is 24.2 Å². The maximum Gasteiger partial charge on any atom is 0.251 e. The van der Waals surface area contributed by atoms with Crippen LogP contribution in [-0.2, 0) is 5.75 Å². The number of H-pyrrole nitrogens is 1. The summed E-state index contributed by atoms with van der Waals surface area (Å²) in [5.41, 5.74) is 2.83. The highest BCUT2D eigenvalue weighted by Gasteiger charge is 2.12. The smallest absolute Gasteiger partial charge is 0.251 e. The quantitative estimate of drug-likeness (QED) is 0.882. The van der Waals surface area contributed by atoms with Crippen LogP contribution < -0.4 is 5.32 Å². The maximum absolute atomic E-state index is 12.2. The minimum atomic E-state index is -0.0598. The molecule has 1 unspecified atom stereocenters. The van der Waals surface area contributed by atoms with Gasteiger partial charge in [0.15, 0.2) is 0 Å². The molecule has 0 aliphatic carbocycles. The molecule has 2 N–H and O–H groups in total. The van der Waals surface area contributed by atoms with Crippen LogP contribution >= 0.6 is 11.8 Å². The number of aromatic amines is 1. The van der Waals surface area contributed by atoms with Crippen LogP contribution in [-0.4, -0.2) is 22.4 Å². The van der Waals surface area contributed by atoms with Crippen molar-refractivity contribution in [3.05, 3.63) is 53.3 Å². The van der Waals surface area contributed by atoms with Crippen LogP contribution in [0.5, 0.6) is 0 Å². The second-order valence-corrected chi connectivity index (χ2v) is 5.23. The molecule has 0 aliphatic rings. The summed E-state index contributed by atoms with van der Waals surface area (Å²) in [6, 6.07) is 7.67. The van der Waals surface area contributed by atoms with Crippen LogP contribution in [0.1, 0.15) is 34.5 Å². The summed E-state index contributed by atoms with van der Waals surface area (Å²) in [6.45, 7) is 1.94. The highest BCUT2D eigenvalue weighted by atomic mass is 32.2. The third-order valence-electron chi connectivity index (χ3n) is 2.87. The number of nitrogens with zero attached hydrogens (tertiary/aromatic N) is 1. The lowest BCUT2D eigenvalue weighted by molar-refractivity contribution is 0.0940. The van der Waals surface area contributed by atoms with Crippen LogP contribution in [0.4, 0.5) is 0 Å². The Labute approximate surface area is 117 Å². The number of benzene rings is 1. The molecule has 1 aromatic carbocycles. The van der Waals surface area contributed by atoms with E-state index in [0.29, 0.717) is 5.56 Å². The summed E-state index contributed by atoms with van der Waals surface area (Å²) < 4.78 is 0. The van der Waals surface area contributed by atoms with Gasteiger partial charge in [0.2, 0.25) is 0 Å². The first-order valence-corrected chi connectivity index (χ1v) is 7.47. The molecule has 0 radical (unpaired) electrons. The summed E-state index contributed by atoms with van der Waals surface area (Å²) in [4.78, 5) is 12.2. The van der Waals surface area contributed by atoms with Crippen molar-refractivity contribution in [2.24, 2.45) is 0 Å². The lowest BCUT2D eigenvalue weighted by atomic mass is 10.1. The topological polar surface area (TPSA) is 57.8 Å². The molecule has 0 saturated heterocycles. The molecule has 1 heterocycles. The zero-order chi connectivity index (χ0) is 13.7. The number of thioether (sulfide) groups is 1. The van der Waals surface area contributed by atoms with E-state index in [4.69, 9.17) is 0 Å². The van der Waals surface area contributed by atoms with Gasteiger partial charge in [-0.1, -0.05) is 12.1 Å². The number of carbonyl (C=O) groups excluding carboxylic acids is 1. The molecular formula is C14H17N3OS. The number of rotatable bonds is 5. The molecular weight excluding hydrogens is 258 g/mol. The fraction of sp³-hybridized carbons (Fsp3) is 0.286. The lowest BCUT2D eigenvalue weighted by Crippen LogP contribution is -2.26. The van der Waals surface area contributed by atoms with Crippen LogP contribution in [0.25, 0.3) is 0 Å². The molecule has 0 aliphatic heterocycles. The van der Waals surface area contributed by atoms with E-state index in [-0.39, 0.29) is 11.9 Å². The van der Waals surface area contributed by atoms with E-state index in [2.05, 4.69) is 15.5 Å². The Balaban J connectivity index is 2.05. The lowest BCUT2D eigenvalue weighted by Gasteiger charge is -2.12. The molecule has 0 fully saturated rings. The van der Waals surface area contributed by atoms with Gasteiger partial charge >= 0.3 is 0 Å². The Morgan fingerprint density at radius 3 is 3.05 bits per heavy atom. The Morgan fingerprint density at radius 2 is 2.37 bits per heavy atom. The molecule has 0 bridgehead atoms. The molecule has 1 aromatic heterocycles. The number of amides is 1. The molecule has 2 aromatic rings. The summed E-state index contributed by atoms with van der Waals surface area (Å²) >= 11 is 1.74. The summed E-state index contributed by atoms with van der Waals surface area (Å²) in [7, 11) is 0. The van der Waals surface area contributed by atoms with E-state index in [0.717, 1.165) is 16.9 Å². The van der Waals surface area contributed by atoms with Gasteiger partial charge in [0.25, 0.3) is 5.91 Å². The van der Waals surface area contributed by atoms with Gasteiger partial charge in [0, 0.05) is 23.1 Å². The molecule has 0 saturated carbocycles. The first-order chi connectivity index (χ1) is 9.20. The average Bonchev–Trinajstić information content (AvgIpc) is 2.93. The molecule has 5 heteroatoms. The monoisotopic (exact) mass is 275 g/mol. The molecule has 2 rings (SSSR count). The number of carbonyl (C=O) groups is 1. The van der Waals surface area contributed by atoms with Gasteiger partial charge in [-0.2, -0.15) is 16.9 Å². The summed E-state index contributed by atoms with van der Waals surface area (Å²) in [5.74, 6) is 0.856. The highest BCUT2D eigenvalue weighted by molar-refractivity contribution is 7.97. The van der Waals surface area contributed by atoms with Crippen LogP contribution in [0.2, 0.25) is 0 Å². The predicted molar refractivity (Wildman–Crippen MR) is 78.1 cm³/mol. The third kappa shape index (κ3) is 3.61. The number of nitrogens with one attached hydrogen (secondary N) is 2. The van der Waals surface area contributed by atoms with Gasteiger partial charge in [0.05, 0.1) is 12.2 Å². The number of hydrogen-bond acceptors (Lipinski definition) is 3. The van der Waals surface area contributed by atoms with Crippen molar-refractivity contribution in [1.82, 2.24) is 15.5 Å². The summed E-state index contributed by atoms with van der Waals surface area (Å²) in [5, 5.41) is 9.59. The second kappa shape index (κ2) is 6.43. The molecule has 0 spiro atoms. The van der Waals surface area contributed by atoms with Crippen molar-refractivity contribution in [3.8, 4) is 0 Å². The Kier molecular flexibility index (Phi) is 4.63. The van der Waals surface area contributed by atoms with Crippen molar-refractivity contribution in [2.45, 2.75) is 18.7 Å². The highest BCUT2D eigenvalue weighted by Crippen LogP contribution is 2.14. The van der Waals surface area contributed by atoms with Gasteiger partial charge in [-0.3, -0.25) is 9.89 Å². The maximum atomic E-state index is 12.2. The average molecular weight is 275 g/mol. The fourth-order valence-corrected chi connectivity index (χ4v) is 2.34. The van der Waals surface area contributed by atoms with E-state index in [1.807, 2.05) is 37.4 Å². The van der Waals surface area contributed by atoms with Crippen LogP contribution in [0.3, 0.4) is 0 Å². The van der Waals surface area contributed by atoms with Gasteiger partial charge in [-0.05, 0) is 30.9 Å². The van der Waals surface area contributed by atoms with Gasteiger partial charge in [-0.25, -0.2) is 0 Å². The molecule has 100 valence electrons. The Hall–Kier alpha value is -1.75. The predicted octanol–water partition coefficient (Wildman–Crippen LogP) is 2.76. The summed E-state index contributed by atoms with van der Waals surface area (Å²) in [6.07, 6.45) is 5.55. The fourth-order valence-electron chi connectivity index (χ4n) is 1.83. The first kappa shape index (κ1) is 13.7. The molecule has 1 amide bonds. The van der Waals surface area contributed by atoms with Crippen molar-refractivity contribution < 1.29 is 4.79 Å². The minimum Gasteiger partial charge on any atom is -0.345 e. The van der Waals surface area contributed by atoms with E-state index >= 15 is 0 Å². The SMILES string of the molecule is CSCc1cccc(C(=O)NC(C)c2cn[nH]c2)c1. The molecule has 1 atom stereocenters. The Bertz CT molecular complexity index is 539. The van der Waals surface area contributed by atoms with Crippen molar-refractivity contribution >= 4 is 17.7 Å².